The molecule has 1 saturated carbocycles. The predicted molar refractivity (Wildman–Crippen MR) is 79.4 cm³/mol. The van der Waals surface area contributed by atoms with Gasteiger partial charge >= 0.3 is 0 Å². The molecule has 1 fully saturated rings. The van der Waals surface area contributed by atoms with E-state index < -0.39 is 0 Å². The quantitative estimate of drug-likeness (QED) is 0.884. The van der Waals surface area contributed by atoms with Crippen LogP contribution >= 0.6 is 15.9 Å². The van der Waals surface area contributed by atoms with Gasteiger partial charge in [-0.05, 0) is 41.7 Å². The second kappa shape index (κ2) is 5.25. The zero-order valence-corrected chi connectivity index (χ0v) is 11.8. The Morgan fingerprint density at radius 2 is 1.44 bits per heavy atom. The molecule has 2 aromatic rings. The van der Waals surface area contributed by atoms with Gasteiger partial charge in [-0.25, -0.2) is 0 Å². The van der Waals surface area contributed by atoms with Gasteiger partial charge in [-0.1, -0.05) is 52.3 Å². The van der Waals surface area contributed by atoms with Crippen LogP contribution in [0, 0.1) is 0 Å². The Balaban J connectivity index is 1.71. The molecule has 18 heavy (non-hydrogen) atoms. The average molecular weight is 302 g/mol. The van der Waals surface area contributed by atoms with Crippen LogP contribution in [0.15, 0.2) is 53.0 Å². The van der Waals surface area contributed by atoms with Crippen LogP contribution in [-0.4, -0.2) is 6.04 Å². The Hall–Kier alpha value is -1.12. The number of halogens is 1. The van der Waals surface area contributed by atoms with Gasteiger partial charge in [0.25, 0.3) is 0 Å². The van der Waals surface area contributed by atoms with E-state index in [2.05, 4.69) is 69.8 Å². The number of benzene rings is 2. The molecule has 1 aliphatic rings. The fourth-order valence-corrected chi connectivity index (χ4v) is 2.27. The van der Waals surface area contributed by atoms with Crippen LogP contribution in [0.3, 0.4) is 0 Å². The minimum atomic E-state index is 0.774. The Morgan fingerprint density at radius 3 is 2.00 bits per heavy atom. The highest BCUT2D eigenvalue weighted by atomic mass is 79.9. The third kappa shape index (κ3) is 3.01. The summed E-state index contributed by atoms with van der Waals surface area (Å²) in [7, 11) is 0. The normalized spacial score (nSPS) is 14.7. The maximum absolute atomic E-state index is 3.53. The van der Waals surface area contributed by atoms with Crippen molar-refractivity contribution in [2.24, 2.45) is 0 Å². The average Bonchev–Trinajstić information content (AvgIpc) is 3.22. The van der Waals surface area contributed by atoms with Crippen LogP contribution in [0.1, 0.15) is 18.4 Å². The molecule has 1 N–H and O–H groups in total. The summed E-state index contributed by atoms with van der Waals surface area (Å²) in [6.45, 7) is 0.991. The van der Waals surface area contributed by atoms with Crippen LogP contribution in [-0.2, 0) is 6.54 Å². The Labute approximate surface area is 116 Å². The van der Waals surface area contributed by atoms with Gasteiger partial charge < -0.3 is 5.32 Å². The van der Waals surface area contributed by atoms with Crippen LogP contribution < -0.4 is 5.32 Å². The summed E-state index contributed by atoms with van der Waals surface area (Å²) in [4.78, 5) is 0. The number of nitrogens with one attached hydrogen (secondary N) is 1. The van der Waals surface area contributed by atoms with Crippen molar-refractivity contribution in [2.45, 2.75) is 25.4 Å². The molecule has 3 rings (SSSR count). The van der Waals surface area contributed by atoms with Gasteiger partial charge in [-0.2, -0.15) is 0 Å². The maximum atomic E-state index is 3.53. The van der Waals surface area contributed by atoms with Crippen molar-refractivity contribution in [3.8, 4) is 11.1 Å². The first-order chi connectivity index (χ1) is 8.81. The van der Waals surface area contributed by atoms with Gasteiger partial charge in [0.1, 0.15) is 0 Å². The molecule has 0 aliphatic heterocycles. The predicted octanol–water partition coefficient (Wildman–Crippen LogP) is 4.37. The van der Waals surface area contributed by atoms with Gasteiger partial charge in [-0.15, -0.1) is 0 Å². The largest absolute Gasteiger partial charge is 0.310 e. The third-order valence-electron chi connectivity index (χ3n) is 3.30. The van der Waals surface area contributed by atoms with Crippen molar-refractivity contribution in [3.63, 3.8) is 0 Å². The molecule has 92 valence electrons. The lowest BCUT2D eigenvalue weighted by atomic mass is 10.0. The lowest BCUT2D eigenvalue weighted by Crippen LogP contribution is -2.14. The van der Waals surface area contributed by atoms with Crippen molar-refractivity contribution in [2.75, 3.05) is 0 Å². The molecule has 0 radical (unpaired) electrons. The van der Waals surface area contributed by atoms with E-state index in [0.717, 1.165) is 17.1 Å². The molecule has 0 amide bonds. The molecule has 0 spiro atoms. The summed E-state index contributed by atoms with van der Waals surface area (Å²) in [5, 5.41) is 3.53. The van der Waals surface area contributed by atoms with Gasteiger partial charge in [0.15, 0.2) is 0 Å². The summed E-state index contributed by atoms with van der Waals surface area (Å²) < 4.78 is 1.12. The number of hydrogen-bond donors (Lipinski definition) is 1. The molecular weight excluding hydrogens is 286 g/mol. The molecule has 0 atom stereocenters. The zero-order chi connectivity index (χ0) is 12.4. The molecule has 2 aromatic carbocycles. The van der Waals surface area contributed by atoms with Gasteiger partial charge in [0.05, 0.1) is 0 Å². The van der Waals surface area contributed by atoms with Crippen LogP contribution in [0.5, 0.6) is 0 Å². The standard InChI is InChI=1S/C16H16BrN/c17-15-7-5-14(6-8-15)13-3-1-12(2-4-13)11-18-16-9-10-16/h1-8,16,18H,9-11H2. The van der Waals surface area contributed by atoms with Crippen molar-refractivity contribution in [3.05, 3.63) is 58.6 Å². The maximum Gasteiger partial charge on any atom is 0.0208 e. The molecule has 1 aliphatic carbocycles. The van der Waals surface area contributed by atoms with E-state index in [-0.39, 0.29) is 0 Å². The molecule has 0 aromatic heterocycles. The molecule has 0 unspecified atom stereocenters. The SMILES string of the molecule is Brc1ccc(-c2ccc(CNC3CC3)cc2)cc1. The van der Waals surface area contributed by atoms with E-state index in [4.69, 9.17) is 0 Å². The summed E-state index contributed by atoms with van der Waals surface area (Å²) >= 11 is 3.46. The van der Waals surface area contributed by atoms with Crippen molar-refractivity contribution in [1.29, 1.82) is 0 Å². The topological polar surface area (TPSA) is 12.0 Å². The van der Waals surface area contributed by atoms with Crippen molar-refractivity contribution < 1.29 is 0 Å². The molecular formula is C16H16BrN. The molecule has 1 nitrogen and oxygen atoms in total. The van der Waals surface area contributed by atoms with E-state index in [1.54, 1.807) is 0 Å². The Bertz CT molecular complexity index is 512. The van der Waals surface area contributed by atoms with Crippen LogP contribution in [0.25, 0.3) is 11.1 Å². The first kappa shape index (κ1) is 11.9. The highest BCUT2D eigenvalue weighted by Crippen LogP contribution is 2.23. The smallest absolute Gasteiger partial charge is 0.0208 e. The van der Waals surface area contributed by atoms with Crippen LogP contribution in [0.2, 0.25) is 0 Å². The minimum Gasteiger partial charge on any atom is -0.310 e. The third-order valence-corrected chi connectivity index (χ3v) is 3.83. The number of hydrogen-bond acceptors (Lipinski definition) is 1. The van der Waals surface area contributed by atoms with E-state index in [1.807, 2.05) is 0 Å². The van der Waals surface area contributed by atoms with Crippen LogP contribution in [0.4, 0.5) is 0 Å². The monoisotopic (exact) mass is 301 g/mol. The van der Waals surface area contributed by atoms with E-state index in [1.165, 1.54) is 29.5 Å². The minimum absolute atomic E-state index is 0.774. The zero-order valence-electron chi connectivity index (χ0n) is 10.2. The van der Waals surface area contributed by atoms with E-state index in [0.29, 0.717) is 0 Å². The number of rotatable bonds is 4. The Kier molecular flexibility index (Phi) is 3.48. The van der Waals surface area contributed by atoms with Gasteiger partial charge in [0, 0.05) is 17.1 Å². The lowest BCUT2D eigenvalue weighted by molar-refractivity contribution is 0.688. The fourth-order valence-electron chi connectivity index (χ4n) is 2.01. The van der Waals surface area contributed by atoms with Gasteiger partial charge in [0.2, 0.25) is 0 Å². The van der Waals surface area contributed by atoms with Crippen molar-refractivity contribution >= 4 is 15.9 Å². The van der Waals surface area contributed by atoms with E-state index in [9.17, 15) is 0 Å². The highest BCUT2D eigenvalue weighted by Gasteiger charge is 2.19. The molecule has 0 heterocycles. The van der Waals surface area contributed by atoms with Gasteiger partial charge in [-0.3, -0.25) is 0 Å². The van der Waals surface area contributed by atoms with Crippen molar-refractivity contribution in [1.82, 2.24) is 5.32 Å². The second-order valence-corrected chi connectivity index (χ2v) is 5.77. The molecule has 2 heteroatoms. The van der Waals surface area contributed by atoms with E-state index >= 15 is 0 Å². The molecule has 0 saturated heterocycles. The Morgan fingerprint density at radius 1 is 0.889 bits per heavy atom. The first-order valence-corrected chi connectivity index (χ1v) is 7.19. The first-order valence-electron chi connectivity index (χ1n) is 6.39. The summed E-state index contributed by atoms with van der Waals surface area (Å²) in [5.74, 6) is 0. The summed E-state index contributed by atoms with van der Waals surface area (Å²) in [6, 6.07) is 18.1. The highest BCUT2D eigenvalue weighted by molar-refractivity contribution is 9.10. The lowest BCUT2D eigenvalue weighted by Gasteiger charge is -2.05. The molecule has 0 bridgehead atoms. The fraction of sp³-hybridized carbons (Fsp3) is 0.250. The second-order valence-electron chi connectivity index (χ2n) is 4.86. The summed E-state index contributed by atoms with van der Waals surface area (Å²) in [6.07, 6.45) is 2.69. The summed E-state index contributed by atoms with van der Waals surface area (Å²) in [5.41, 5.74) is 3.90.